The van der Waals surface area contributed by atoms with E-state index in [0.29, 0.717) is 5.65 Å². The number of nitrogens with zero attached hydrogens (tertiary/aromatic N) is 2. The summed E-state index contributed by atoms with van der Waals surface area (Å²) < 4.78 is 6.73. The van der Waals surface area contributed by atoms with Gasteiger partial charge in [-0.1, -0.05) is 0 Å². The van der Waals surface area contributed by atoms with E-state index < -0.39 is 0 Å². The van der Waals surface area contributed by atoms with E-state index in [2.05, 4.69) is 10.2 Å². The standard InChI is InChI=1S/C12H11N3O2/c1-7-5-8-3-4-9(17-2)6-10(8)15-11(7)13-14-12(15)16/h3-6H,1-2H3,(H,14,16). The van der Waals surface area contributed by atoms with E-state index in [-0.39, 0.29) is 5.69 Å². The number of hydrogen-bond acceptors (Lipinski definition) is 3. The number of aryl methyl sites for hydroxylation is 1. The molecule has 17 heavy (non-hydrogen) atoms. The van der Waals surface area contributed by atoms with Crippen molar-refractivity contribution >= 4 is 16.6 Å². The molecule has 0 saturated heterocycles. The van der Waals surface area contributed by atoms with Crippen LogP contribution in [0.15, 0.2) is 29.1 Å². The number of methoxy groups -OCH3 is 1. The molecular formula is C12H11N3O2. The summed E-state index contributed by atoms with van der Waals surface area (Å²) in [7, 11) is 1.60. The van der Waals surface area contributed by atoms with Gasteiger partial charge < -0.3 is 4.74 Å². The molecule has 0 spiro atoms. The Kier molecular flexibility index (Phi) is 1.95. The Hall–Kier alpha value is -2.30. The number of fused-ring (bicyclic) bond motifs is 3. The van der Waals surface area contributed by atoms with E-state index >= 15 is 0 Å². The van der Waals surface area contributed by atoms with E-state index in [1.807, 2.05) is 31.2 Å². The highest BCUT2D eigenvalue weighted by Gasteiger charge is 2.08. The van der Waals surface area contributed by atoms with Crippen molar-refractivity contribution in [2.24, 2.45) is 0 Å². The second kappa shape index (κ2) is 3.35. The summed E-state index contributed by atoms with van der Waals surface area (Å²) in [5.41, 5.74) is 2.17. The van der Waals surface area contributed by atoms with Gasteiger partial charge in [-0.15, -0.1) is 0 Å². The van der Waals surface area contributed by atoms with Gasteiger partial charge in [0.2, 0.25) is 0 Å². The summed E-state index contributed by atoms with van der Waals surface area (Å²) >= 11 is 0. The third-order valence-corrected chi connectivity index (χ3v) is 2.88. The Morgan fingerprint density at radius 1 is 1.35 bits per heavy atom. The monoisotopic (exact) mass is 229 g/mol. The zero-order chi connectivity index (χ0) is 12.0. The maximum Gasteiger partial charge on any atom is 0.348 e. The van der Waals surface area contributed by atoms with Crippen LogP contribution in [-0.2, 0) is 0 Å². The van der Waals surface area contributed by atoms with Crippen molar-refractivity contribution in [1.29, 1.82) is 0 Å². The first kappa shape index (κ1) is 9.89. The van der Waals surface area contributed by atoms with Gasteiger partial charge in [0.15, 0.2) is 5.65 Å². The average molecular weight is 229 g/mol. The Morgan fingerprint density at radius 3 is 2.94 bits per heavy atom. The van der Waals surface area contributed by atoms with E-state index in [1.165, 1.54) is 0 Å². The number of benzene rings is 1. The smallest absolute Gasteiger partial charge is 0.348 e. The molecule has 0 saturated carbocycles. The molecule has 2 aromatic heterocycles. The molecular weight excluding hydrogens is 218 g/mol. The predicted octanol–water partition coefficient (Wildman–Crippen LogP) is 1.49. The Balaban J connectivity index is 2.59. The summed E-state index contributed by atoms with van der Waals surface area (Å²) in [6.07, 6.45) is 0. The van der Waals surface area contributed by atoms with Crippen LogP contribution in [-0.4, -0.2) is 21.7 Å². The van der Waals surface area contributed by atoms with Gasteiger partial charge >= 0.3 is 5.69 Å². The van der Waals surface area contributed by atoms with Crippen molar-refractivity contribution < 1.29 is 4.74 Å². The molecule has 0 amide bonds. The summed E-state index contributed by atoms with van der Waals surface area (Å²) in [5, 5.41) is 7.46. The van der Waals surface area contributed by atoms with Gasteiger partial charge in [0.1, 0.15) is 5.75 Å². The van der Waals surface area contributed by atoms with E-state index in [1.54, 1.807) is 11.5 Å². The third-order valence-electron chi connectivity index (χ3n) is 2.88. The molecule has 1 N–H and O–H groups in total. The van der Waals surface area contributed by atoms with Gasteiger partial charge in [-0.25, -0.2) is 14.3 Å². The van der Waals surface area contributed by atoms with Gasteiger partial charge in [0.25, 0.3) is 0 Å². The minimum atomic E-state index is -0.234. The number of nitrogens with one attached hydrogen (secondary N) is 1. The van der Waals surface area contributed by atoms with Crippen LogP contribution < -0.4 is 10.4 Å². The van der Waals surface area contributed by atoms with Gasteiger partial charge in [0.05, 0.1) is 12.6 Å². The topological polar surface area (TPSA) is 59.4 Å². The fraction of sp³-hybridized carbons (Fsp3) is 0.167. The first-order chi connectivity index (χ1) is 8.20. The number of pyridine rings is 1. The molecule has 0 aliphatic carbocycles. The molecule has 2 heterocycles. The SMILES string of the molecule is COc1ccc2cc(C)c3n[nH]c(=O)n3c2c1. The Bertz CT molecular complexity index is 770. The highest BCUT2D eigenvalue weighted by Crippen LogP contribution is 2.22. The lowest BCUT2D eigenvalue weighted by molar-refractivity contribution is 0.415. The molecule has 0 fully saturated rings. The Morgan fingerprint density at radius 2 is 2.18 bits per heavy atom. The second-order valence-electron chi connectivity index (χ2n) is 3.94. The number of rotatable bonds is 1. The normalized spacial score (nSPS) is 11.2. The largest absolute Gasteiger partial charge is 0.497 e. The average Bonchev–Trinajstić information content (AvgIpc) is 2.72. The molecule has 0 unspecified atom stereocenters. The molecule has 3 aromatic rings. The van der Waals surface area contributed by atoms with Gasteiger partial charge in [-0.2, -0.15) is 5.10 Å². The fourth-order valence-corrected chi connectivity index (χ4v) is 2.05. The number of aromatic nitrogens is 3. The second-order valence-corrected chi connectivity index (χ2v) is 3.94. The molecule has 86 valence electrons. The zero-order valence-corrected chi connectivity index (χ0v) is 9.52. The zero-order valence-electron chi connectivity index (χ0n) is 9.52. The molecule has 0 aliphatic heterocycles. The minimum absolute atomic E-state index is 0.234. The van der Waals surface area contributed by atoms with Crippen LogP contribution in [0, 0.1) is 6.92 Å². The van der Waals surface area contributed by atoms with Crippen LogP contribution in [0.25, 0.3) is 16.6 Å². The summed E-state index contributed by atoms with van der Waals surface area (Å²) in [6.45, 7) is 1.93. The Labute approximate surface area is 96.6 Å². The van der Waals surface area contributed by atoms with Crippen LogP contribution in [0.4, 0.5) is 0 Å². The molecule has 1 aromatic carbocycles. The highest BCUT2D eigenvalue weighted by atomic mass is 16.5. The fourth-order valence-electron chi connectivity index (χ4n) is 2.05. The van der Waals surface area contributed by atoms with Crippen LogP contribution in [0.5, 0.6) is 5.75 Å². The number of ether oxygens (including phenoxy) is 1. The first-order valence-electron chi connectivity index (χ1n) is 5.25. The summed E-state index contributed by atoms with van der Waals surface area (Å²) in [6, 6.07) is 7.64. The van der Waals surface area contributed by atoms with E-state index in [0.717, 1.165) is 22.2 Å². The number of aromatic amines is 1. The van der Waals surface area contributed by atoms with Crippen LogP contribution in [0.1, 0.15) is 5.56 Å². The minimum Gasteiger partial charge on any atom is -0.497 e. The van der Waals surface area contributed by atoms with Crippen molar-refractivity contribution in [1.82, 2.24) is 14.6 Å². The molecule has 5 heteroatoms. The van der Waals surface area contributed by atoms with Crippen molar-refractivity contribution in [2.45, 2.75) is 6.92 Å². The number of H-pyrrole nitrogens is 1. The van der Waals surface area contributed by atoms with Crippen molar-refractivity contribution in [3.05, 3.63) is 40.3 Å². The highest BCUT2D eigenvalue weighted by molar-refractivity contribution is 5.84. The quantitative estimate of drug-likeness (QED) is 0.687. The van der Waals surface area contributed by atoms with Gasteiger partial charge in [-0.05, 0) is 36.1 Å². The summed E-state index contributed by atoms with van der Waals surface area (Å²) in [5.74, 6) is 0.718. The van der Waals surface area contributed by atoms with Crippen LogP contribution in [0.2, 0.25) is 0 Å². The lowest BCUT2D eigenvalue weighted by Crippen LogP contribution is -2.10. The molecule has 0 aliphatic rings. The van der Waals surface area contributed by atoms with Gasteiger partial charge in [-0.3, -0.25) is 0 Å². The molecule has 0 atom stereocenters. The predicted molar refractivity (Wildman–Crippen MR) is 64.6 cm³/mol. The maximum absolute atomic E-state index is 11.7. The van der Waals surface area contributed by atoms with Crippen molar-refractivity contribution in [3.63, 3.8) is 0 Å². The molecule has 0 bridgehead atoms. The van der Waals surface area contributed by atoms with Crippen molar-refractivity contribution in [3.8, 4) is 5.75 Å². The lowest BCUT2D eigenvalue weighted by atomic mass is 10.1. The number of hydrogen-bond donors (Lipinski definition) is 1. The molecule has 0 radical (unpaired) electrons. The van der Waals surface area contributed by atoms with Crippen LogP contribution in [0.3, 0.4) is 0 Å². The third kappa shape index (κ3) is 1.32. The molecule has 3 rings (SSSR count). The van der Waals surface area contributed by atoms with E-state index in [9.17, 15) is 4.79 Å². The van der Waals surface area contributed by atoms with Gasteiger partial charge in [0, 0.05) is 6.07 Å². The summed E-state index contributed by atoms with van der Waals surface area (Å²) in [4.78, 5) is 11.7. The van der Waals surface area contributed by atoms with Crippen LogP contribution >= 0.6 is 0 Å². The molecule has 5 nitrogen and oxygen atoms in total. The first-order valence-corrected chi connectivity index (χ1v) is 5.25. The van der Waals surface area contributed by atoms with Crippen molar-refractivity contribution in [2.75, 3.05) is 7.11 Å². The lowest BCUT2D eigenvalue weighted by Gasteiger charge is -2.05. The maximum atomic E-state index is 11.7. The van der Waals surface area contributed by atoms with E-state index in [4.69, 9.17) is 4.74 Å².